The second-order valence-electron chi connectivity index (χ2n) is 8.19. The van der Waals surface area contributed by atoms with Gasteiger partial charge in [0.2, 0.25) is 5.91 Å². The van der Waals surface area contributed by atoms with Crippen LogP contribution in [-0.2, 0) is 9.59 Å². The Morgan fingerprint density at radius 3 is 2.75 bits per heavy atom. The maximum absolute atomic E-state index is 12.7. The van der Waals surface area contributed by atoms with Gasteiger partial charge in [0.25, 0.3) is 11.1 Å². The van der Waals surface area contributed by atoms with Crippen molar-refractivity contribution in [1.82, 2.24) is 10.2 Å². The minimum absolute atomic E-state index is 0.0120. The SMILES string of the molecule is COc1cc(/C=C2\SC(=O)N(CCNC(=O)C3CC4CCC3C4)C2=O)ccc1OC(F)F. The minimum atomic E-state index is -2.99. The molecule has 32 heavy (non-hydrogen) atoms. The van der Waals surface area contributed by atoms with Gasteiger partial charge in [-0.05, 0) is 66.6 Å². The monoisotopic (exact) mass is 466 g/mol. The molecule has 7 nitrogen and oxygen atoms in total. The van der Waals surface area contributed by atoms with E-state index in [-0.39, 0.29) is 41.3 Å². The molecule has 3 amide bonds. The highest BCUT2D eigenvalue weighted by molar-refractivity contribution is 8.18. The summed E-state index contributed by atoms with van der Waals surface area (Å²) in [6, 6.07) is 4.25. The van der Waals surface area contributed by atoms with Gasteiger partial charge in [-0.3, -0.25) is 19.3 Å². The molecule has 3 unspecified atom stereocenters. The molecule has 3 atom stereocenters. The maximum Gasteiger partial charge on any atom is 0.387 e. The van der Waals surface area contributed by atoms with E-state index in [1.54, 1.807) is 0 Å². The molecule has 3 fully saturated rings. The lowest BCUT2D eigenvalue weighted by Gasteiger charge is -2.21. The number of nitrogens with zero attached hydrogens (tertiary/aromatic N) is 1. The fourth-order valence-corrected chi connectivity index (χ4v) is 5.66. The normalized spacial score (nSPS) is 25.8. The van der Waals surface area contributed by atoms with E-state index in [1.165, 1.54) is 37.8 Å². The number of halogens is 2. The number of nitrogens with one attached hydrogen (secondary N) is 1. The third-order valence-electron chi connectivity index (χ3n) is 6.28. The first-order chi connectivity index (χ1) is 15.4. The molecule has 1 heterocycles. The highest BCUT2D eigenvalue weighted by Gasteiger charge is 2.43. The Balaban J connectivity index is 1.35. The topological polar surface area (TPSA) is 84.9 Å². The van der Waals surface area contributed by atoms with E-state index in [0.717, 1.165) is 35.9 Å². The predicted octanol–water partition coefficient (Wildman–Crippen LogP) is 3.89. The van der Waals surface area contributed by atoms with Crippen molar-refractivity contribution >= 4 is 34.9 Å². The maximum atomic E-state index is 12.7. The van der Waals surface area contributed by atoms with E-state index in [1.807, 2.05) is 0 Å². The van der Waals surface area contributed by atoms with Gasteiger partial charge in [-0.1, -0.05) is 12.5 Å². The highest BCUT2D eigenvalue weighted by Crippen LogP contribution is 2.48. The van der Waals surface area contributed by atoms with Crippen molar-refractivity contribution in [1.29, 1.82) is 0 Å². The molecule has 0 spiro atoms. The second kappa shape index (κ2) is 9.48. The van der Waals surface area contributed by atoms with Crippen molar-refractivity contribution in [2.75, 3.05) is 20.2 Å². The molecular formula is C22H24F2N2O5S. The first-order valence-corrected chi connectivity index (χ1v) is 11.3. The molecular weight excluding hydrogens is 442 g/mol. The Bertz CT molecular complexity index is 954. The van der Waals surface area contributed by atoms with Crippen LogP contribution in [0.3, 0.4) is 0 Å². The third kappa shape index (κ3) is 4.74. The van der Waals surface area contributed by atoms with E-state index < -0.39 is 17.8 Å². The molecule has 4 rings (SSSR count). The quantitative estimate of drug-likeness (QED) is 0.586. The van der Waals surface area contributed by atoms with Gasteiger partial charge >= 0.3 is 6.61 Å². The molecule has 2 bridgehead atoms. The summed E-state index contributed by atoms with van der Waals surface area (Å²) in [6.45, 7) is -2.68. The summed E-state index contributed by atoms with van der Waals surface area (Å²) in [5, 5.41) is 2.46. The summed E-state index contributed by atoms with van der Waals surface area (Å²) >= 11 is 0.793. The molecule has 0 radical (unpaired) electrons. The highest BCUT2D eigenvalue weighted by atomic mass is 32.2. The molecule has 1 aromatic rings. The second-order valence-corrected chi connectivity index (χ2v) is 9.19. The molecule has 172 valence electrons. The third-order valence-corrected chi connectivity index (χ3v) is 7.19. The number of methoxy groups -OCH3 is 1. The lowest BCUT2D eigenvalue weighted by molar-refractivity contribution is -0.127. The summed E-state index contributed by atoms with van der Waals surface area (Å²) < 4.78 is 34.4. The molecule has 1 aromatic carbocycles. The van der Waals surface area contributed by atoms with Gasteiger partial charge in [0.15, 0.2) is 11.5 Å². The summed E-state index contributed by atoms with van der Waals surface area (Å²) in [5.74, 6) is 0.695. The van der Waals surface area contributed by atoms with Crippen LogP contribution in [0.15, 0.2) is 23.1 Å². The Hall–Kier alpha value is -2.62. The molecule has 1 saturated heterocycles. The van der Waals surface area contributed by atoms with Gasteiger partial charge in [0.1, 0.15) is 0 Å². The Kier molecular flexibility index (Phi) is 6.68. The van der Waals surface area contributed by atoms with Gasteiger partial charge in [-0.2, -0.15) is 8.78 Å². The van der Waals surface area contributed by atoms with Crippen molar-refractivity contribution in [3.63, 3.8) is 0 Å². The van der Waals surface area contributed by atoms with Crippen LogP contribution in [0, 0.1) is 17.8 Å². The van der Waals surface area contributed by atoms with Crippen LogP contribution in [-0.4, -0.2) is 48.8 Å². The number of benzene rings is 1. The molecule has 2 aliphatic carbocycles. The van der Waals surface area contributed by atoms with E-state index >= 15 is 0 Å². The molecule has 2 saturated carbocycles. The average molecular weight is 467 g/mol. The number of fused-ring (bicyclic) bond motifs is 2. The Morgan fingerprint density at radius 1 is 1.28 bits per heavy atom. The van der Waals surface area contributed by atoms with Gasteiger partial charge in [-0.15, -0.1) is 0 Å². The number of thioether (sulfide) groups is 1. The zero-order valence-electron chi connectivity index (χ0n) is 17.5. The van der Waals surface area contributed by atoms with Gasteiger partial charge in [0.05, 0.1) is 12.0 Å². The standard InChI is InChI=1S/C22H24F2N2O5S/c1-30-17-10-13(3-5-16(17)31-21(23)24)11-18-20(28)26(22(29)32-18)7-6-25-19(27)15-9-12-2-4-14(15)8-12/h3,5,10-12,14-15,21H,2,4,6-9H2,1H3,(H,25,27)/b18-11-. The lowest BCUT2D eigenvalue weighted by atomic mass is 9.88. The first-order valence-electron chi connectivity index (χ1n) is 10.5. The van der Waals surface area contributed by atoms with Crippen molar-refractivity contribution in [2.45, 2.75) is 32.3 Å². The number of carbonyl (C=O) groups is 3. The first kappa shape index (κ1) is 22.6. The zero-order valence-corrected chi connectivity index (χ0v) is 18.3. The summed E-state index contributed by atoms with van der Waals surface area (Å²) in [4.78, 5) is 38.7. The summed E-state index contributed by atoms with van der Waals surface area (Å²) in [7, 11) is 1.32. The molecule has 0 aromatic heterocycles. The van der Waals surface area contributed by atoms with E-state index in [4.69, 9.17) is 4.74 Å². The number of carbonyl (C=O) groups excluding carboxylic acids is 3. The smallest absolute Gasteiger partial charge is 0.387 e. The van der Waals surface area contributed by atoms with E-state index in [0.29, 0.717) is 17.4 Å². The van der Waals surface area contributed by atoms with E-state index in [2.05, 4.69) is 10.1 Å². The molecule has 10 heteroatoms. The van der Waals surface area contributed by atoms with Crippen LogP contribution >= 0.6 is 11.8 Å². The van der Waals surface area contributed by atoms with Crippen molar-refractivity contribution in [3.05, 3.63) is 28.7 Å². The number of ether oxygens (including phenoxy) is 2. The van der Waals surface area contributed by atoms with Gasteiger partial charge < -0.3 is 14.8 Å². The van der Waals surface area contributed by atoms with Gasteiger partial charge in [0, 0.05) is 19.0 Å². The molecule has 1 aliphatic heterocycles. The number of hydrogen-bond acceptors (Lipinski definition) is 6. The number of imide groups is 1. The number of hydrogen-bond donors (Lipinski definition) is 1. The number of rotatable bonds is 8. The van der Waals surface area contributed by atoms with Crippen molar-refractivity contribution in [2.24, 2.45) is 17.8 Å². The van der Waals surface area contributed by atoms with Crippen LogP contribution < -0.4 is 14.8 Å². The summed E-state index contributed by atoms with van der Waals surface area (Å²) in [6.07, 6.45) is 5.88. The van der Waals surface area contributed by atoms with Gasteiger partial charge in [-0.25, -0.2) is 0 Å². The molecule has 3 aliphatic rings. The van der Waals surface area contributed by atoms with Crippen LogP contribution in [0.1, 0.15) is 31.2 Å². The van der Waals surface area contributed by atoms with Crippen molar-refractivity contribution in [3.8, 4) is 11.5 Å². The average Bonchev–Trinajstić information content (AvgIpc) is 3.46. The van der Waals surface area contributed by atoms with Crippen LogP contribution in [0.4, 0.5) is 13.6 Å². The summed E-state index contributed by atoms with van der Waals surface area (Å²) in [5.41, 5.74) is 0.499. The lowest BCUT2D eigenvalue weighted by Crippen LogP contribution is -2.40. The molecule has 1 N–H and O–H groups in total. The van der Waals surface area contributed by atoms with Crippen LogP contribution in [0.2, 0.25) is 0 Å². The van der Waals surface area contributed by atoms with Crippen LogP contribution in [0.5, 0.6) is 11.5 Å². The zero-order chi connectivity index (χ0) is 22.8. The Morgan fingerprint density at radius 2 is 2.09 bits per heavy atom. The van der Waals surface area contributed by atoms with E-state index in [9.17, 15) is 23.2 Å². The Labute approximate surface area is 188 Å². The fourth-order valence-electron chi connectivity index (χ4n) is 4.80. The number of amides is 3. The minimum Gasteiger partial charge on any atom is -0.493 e. The number of alkyl halides is 2. The fraction of sp³-hybridized carbons (Fsp3) is 0.500. The predicted molar refractivity (Wildman–Crippen MR) is 114 cm³/mol. The largest absolute Gasteiger partial charge is 0.493 e. The van der Waals surface area contributed by atoms with Crippen LogP contribution in [0.25, 0.3) is 6.08 Å². The van der Waals surface area contributed by atoms with Crippen molar-refractivity contribution < 1.29 is 32.6 Å².